The zero-order valence-corrected chi connectivity index (χ0v) is 8.62. The minimum atomic E-state index is 1.27. The van der Waals surface area contributed by atoms with Gasteiger partial charge in [-0.15, -0.1) is 11.8 Å². The van der Waals surface area contributed by atoms with Crippen LogP contribution in [-0.2, 0) is 0 Å². The maximum atomic E-state index is 2.27. The van der Waals surface area contributed by atoms with Crippen LogP contribution in [0.25, 0.3) is 0 Å². The van der Waals surface area contributed by atoms with Gasteiger partial charge in [0.15, 0.2) is 0 Å². The predicted molar refractivity (Wildman–Crippen MR) is 56.0 cm³/mol. The Morgan fingerprint density at radius 3 is 2.45 bits per heavy atom. The molecule has 0 saturated heterocycles. The van der Waals surface area contributed by atoms with Crippen molar-refractivity contribution in [2.45, 2.75) is 45.4 Å². The molecule has 0 rings (SSSR count). The molecule has 0 aliphatic carbocycles. The topological polar surface area (TPSA) is 0 Å². The van der Waals surface area contributed by atoms with E-state index in [0.717, 1.165) is 0 Å². The zero-order valence-electron chi connectivity index (χ0n) is 7.81. The first-order valence-electron chi connectivity index (χ1n) is 4.59. The number of unbranched alkanes of at least 4 members (excludes halogenated alkanes) is 5. The van der Waals surface area contributed by atoms with Crippen LogP contribution in [0.2, 0.25) is 0 Å². The number of hydrogen-bond donors (Lipinski definition) is 0. The largest absolute Gasteiger partial charge is 0.138 e. The Morgan fingerprint density at radius 2 is 1.82 bits per heavy atom. The molecule has 1 heteroatoms. The minimum absolute atomic E-state index is 1.27. The summed E-state index contributed by atoms with van der Waals surface area (Å²) in [4.78, 5) is 0. The summed E-state index contributed by atoms with van der Waals surface area (Å²) in [6, 6.07) is 0. The monoisotopic (exact) mass is 172 g/mol. The van der Waals surface area contributed by atoms with E-state index < -0.39 is 0 Å². The van der Waals surface area contributed by atoms with Gasteiger partial charge < -0.3 is 0 Å². The normalized spacial score (nSPS) is 11.1. The predicted octanol–water partition coefficient (Wildman–Crippen LogP) is 4.22. The average Bonchev–Trinajstić information content (AvgIpc) is 2.03. The van der Waals surface area contributed by atoms with Gasteiger partial charge in [0.25, 0.3) is 0 Å². The van der Waals surface area contributed by atoms with Crippen LogP contribution in [-0.4, -0.2) is 6.26 Å². The van der Waals surface area contributed by atoms with Crippen molar-refractivity contribution in [1.82, 2.24) is 0 Å². The fraction of sp³-hybridized carbons (Fsp3) is 0.800. The molecule has 0 amide bonds. The van der Waals surface area contributed by atoms with Crippen LogP contribution in [0.1, 0.15) is 45.4 Å². The Bertz CT molecular complexity index is 86.9. The SMILES string of the molecule is CCCCCCC/C=C/SC. The molecule has 0 heterocycles. The van der Waals surface area contributed by atoms with Gasteiger partial charge in [0.1, 0.15) is 0 Å². The van der Waals surface area contributed by atoms with Crippen molar-refractivity contribution in [2.75, 3.05) is 6.26 Å². The van der Waals surface area contributed by atoms with Gasteiger partial charge in [-0.05, 0) is 24.5 Å². The summed E-state index contributed by atoms with van der Waals surface area (Å²) in [5.74, 6) is 0. The van der Waals surface area contributed by atoms with Crippen LogP contribution < -0.4 is 0 Å². The van der Waals surface area contributed by atoms with E-state index in [0.29, 0.717) is 0 Å². The summed E-state index contributed by atoms with van der Waals surface area (Å²) >= 11 is 1.79. The molecule has 0 aromatic rings. The van der Waals surface area contributed by atoms with E-state index in [9.17, 15) is 0 Å². The van der Waals surface area contributed by atoms with Gasteiger partial charge in [0.05, 0.1) is 0 Å². The van der Waals surface area contributed by atoms with Crippen LogP contribution >= 0.6 is 11.8 Å². The summed E-state index contributed by atoms with van der Waals surface area (Å²) in [5.41, 5.74) is 0. The molecule has 0 radical (unpaired) electrons. The molecule has 0 aliphatic heterocycles. The van der Waals surface area contributed by atoms with Crippen LogP contribution in [0.5, 0.6) is 0 Å². The molecule has 0 nitrogen and oxygen atoms in total. The fourth-order valence-electron chi connectivity index (χ4n) is 1.03. The lowest BCUT2D eigenvalue weighted by Gasteiger charge is -1.95. The molecule has 0 aromatic carbocycles. The van der Waals surface area contributed by atoms with Crippen LogP contribution in [0.4, 0.5) is 0 Å². The number of thioether (sulfide) groups is 1. The van der Waals surface area contributed by atoms with Crippen molar-refractivity contribution < 1.29 is 0 Å². The van der Waals surface area contributed by atoms with Crippen molar-refractivity contribution in [3.05, 3.63) is 11.5 Å². The Morgan fingerprint density at radius 1 is 1.09 bits per heavy atom. The van der Waals surface area contributed by atoms with E-state index in [1.807, 2.05) is 0 Å². The Balaban J connectivity index is 2.85. The van der Waals surface area contributed by atoms with Gasteiger partial charge in [0.2, 0.25) is 0 Å². The number of hydrogen-bond acceptors (Lipinski definition) is 1. The van der Waals surface area contributed by atoms with Crippen molar-refractivity contribution in [3.8, 4) is 0 Å². The Hall–Kier alpha value is 0.0900. The first-order chi connectivity index (χ1) is 5.41. The second kappa shape index (κ2) is 10.1. The van der Waals surface area contributed by atoms with E-state index in [-0.39, 0.29) is 0 Å². The minimum Gasteiger partial charge on any atom is -0.138 e. The molecule has 0 aliphatic rings. The molecule has 0 spiro atoms. The van der Waals surface area contributed by atoms with Gasteiger partial charge in [-0.25, -0.2) is 0 Å². The first kappa shape index (κ1) is 11.1. The highest BCUT2D eigenvalue weighted by Crippen LogP contribution is 2.06. The lowest BCUT2D eigenvalue weighted by Crippen LogP contribution is -1.75. The third kappa shape index (κ3) is 10.1. The molecule has 0 unspecified atom stereocenters. The first-order valence-corrected chi connectivity index (χ1v) is 5.88. The molecular weight excluding hydrogens is 152 g/mol. The van der Waals surface area contributed by atoms with Gasteiger partial charge in [-0.1, -0.05) is 38.7 Å². The van der Waals surface area contributed by atoms with Crippen LogP contribution in [0.3, 0.4) is 0 Å². The zero-order chi connectivity index (χ0) is 8.36. The lowest BCUT2D eigenvalue weighted by molar-refractivity contribution is 0.637. The molecule has 0 N–H and O–H groups in total. The summed E-state index contributed by atoms with van der Waals surface area (Å²) < 4.78 is 0. The summed E-state index contributed by atoms with van der Waals surface area (Å²) in [5, 5.41) is 2.18. The fourth-order valence-corrected chi connectivity index (χ4v) is 1.36. The van der Waals surface area contributed by atoms with Gasteiger partial charge in [0, 0.05) is 0 Å². The van der Waals surface area contributed by atoms with Gasteiger partial charge in [-0.3, -0.25) is 0 Å². The maximum Gasteiger partial charge on any atom is -0.0142 e. The van der Waals surface area contributed by atoms with E-state index in [2.05, 4.69) is 24.7 Å². The number of rotatable bonds is 7. The van der Waals surface area contributed by atoms with E-state index >= 15 is 0 Å². The highest BCUT2D eigenvalue weighted by atomic mass is 32.2. The van der Waals surface area contributed by atoms with Gasteiger partial charge >= 0.3 is 0 Å². The standard InChI is InChI=1S/C10H20S/c1-3-4-5-6-7-8-9-10-11-2/h9-10H,3-8H2,1-2H3/b10-9+. The van der Waals surface area contributed by atoms with Crippen molar-refractivity contribution in [1.29, 1.82) is 0 Å². The number of allylic oxidation sites excluding steroid dienone is 1. The van der Waals surface area contributed by atoms with E-state index in [1.165, 1.54) is 38.5 Å². The Labute approximate surface area is 75.5 Å². The molecule has 0 saturated carbocycles. The van der Waals surface area contributed by atoms with Crippen molar-refractivity contribution in [2.24, 2.45) is 0 Å². The second-order valence-electron chi connectivity index (χ2n) is 2.81. The van der Waals surface area contributed by atoms with Crippen LogP contribution in [0, 0.1) is 0 Å². The summed E-state index contributed by atoms with van der Waals surface area (Å²) in [6.45, 7) is 2.26. The molecule has 0 atom stereocenters. The molecule has 11 heavy (non-hydrogen) atoms. The second-order valence-corrected chi connectivity index (χ2v) is 3.55. The van der Waals surface area contributed by atoms with Gasteiger partial charge in [-0.2, -0.15) is 0 Å². The average molecular weight is 172 g/mol. The highest BCUT2D eigenvalue weighted by Gasteiger charge is 1.85. The van der Waals surface area contributed by atoms with E-state index in [1.54, 1.807) is 11.8 Å². The van der Waals surface area contributed by atoms with Crippen LogP contribution in [0.15, 0.2) is 11.5 Å². The van der Waals surface area contributed by atoms with E-state index in [4.69, 9.17) is 0 Å². The third-order valence-electron chi connectivity index (χ3n) is 1.71. The quantitative estimate of drug-likeness (QED) is 0.518. The molecule has 66 valence electrons. The molecule has 0 bridgehead atoms. The molecule has 0 fully saturated rings. The highest BCUT2D eigenvalue weighted by molar-refractivity contribution is 8.01. The Kier molecular flexibility index (Phi) is 10.2. The third-order valence-corrected chi connectivity index (χ3v) is 2.17. The smallest absolute Gasteiger partial charge is 0.0142 e. The van der Waals surface area contributed by atoms with Crippen molar-refractivity contribution >= 4 is 11.8 Å². The molecular formula is C10H20S. The molecule has 0 aromatic heterocycles. The summed E-state index contributed by atoms with van der Waals surface area (Å²) in [7, 11) is 0. The summed E-state index contributed by atoms with van der Waals surface area (Å²) in [6.07, 6.45) is 12.6. The van der Waals surface area contributed by atoms with Crippen molar-refractivity contribution in [3.63, 3.8) is 0 Å². The maximum absolute atomic E-state index is 2.27. The lowest BCUT2D eigenvalue weighted by atomic mass is 10.1.